The van der Waals surface area contributed by atoms with Crippen LogP contribution in [0.1, 0.15) is 13.8 Å². The molecule has 0 saturated carbocycles. The highest BCUT2D eigenvalue weighted by Gasteiger charge is 2.44. The number of aromatic nitrogens is 1. The fourth-order valence-electron chi connectivity index (χ4n) is 2.72. The summed E-state index contributed by atoms with van der Waals surface area (Å²) in [5.41, 5.74) is 0.596. The third-order valence-electron chi connectivity index (χ3n) is 4.27. The number of hydrogen-bond donors (Lipinski definition) is 1. The van der Waals surface area contributed by atoms with Crippen LogP contribution in [0.25, 0.3) is 10.9 Å². The molecule has 0 aliphatic carbocycles. The number of nitrogens with zero attached hydrogens (tertiary/aromatic N) is 3. The van der Waals surface area contributed by atoms with Crippen LogP contribution in [-0.4, -0.2) is 33.7 Å². The van der Waals surface area contributed by atoms with Gasteiger partial charge in [-0.05, 0) is 24.1 Å². The Morgan fingerprint density at radius 3 is 2.71 bits per heavy atom. The number of anilines is 1. The van der Waals surface area contributed by atoms with Crippen molar-refractivity contribution in [1.29, 1.82) is 0 Å². The van der Waals surface area contributed by atoms with Crippen LogP contribution in [0.3, 0.4) is 0 Å². The number of non-ortho nitro benzene ring substituents is 1. The van der Waals surface area contributed by atoms with Gasteiger partial charge >= 0.3 is 0 Å². The molecule has 0 spiro atoms. The van der Waals surface area contributed by atoms with E-state index in [1.54, 1.807) is 18.3 Å². The van der Waals surface area contributed by atoms with Crippen molar-refractivity contribution in [2.75, 3.05) is 18.0 Å². The van der Waals surface area contributed by atoms with Gasteiger partial charge in [-0.15, -0.1) is 0 Å². The summed E-state index contributed by atoms with van der Waals surface area (Å²) in [4.78, 5) is 16.8. The van der Waals surface area contributed by atoms with Gasteiger partial charge in [-0.1, -0.05) is 13.8 Å². The normalized spacial score (nSPS) is 17.0. The summed E-state index contributed by atoms with van der Waals surface area (Å²) in [5.74, 6) is 0.177. The topological polar surface area (TPSA) is 79.5 Å². The van der Waals surface area contributed by atoms with E-state index in [1.165, 1.54) is 6.07 Å². The molecule has 6 heteroatoms. The zero-order chi connectivity index (χ0) is 15.2. The molecule has 1 aromatic carbocycles. The molecular formula is C15H17N3O3. The summed E-state index contributed by atoms with van der Waals surface area (Å²) in [5, 5.41) is 22.2. The summed E-state index contributed by atoms with van der Waals surface area (Å²) in [6.45, 7) is 5.05. The van der Waals surface area contributed by atoms with Crippen LogP contribution < -0.4 is 4.90 Å². The number of fused-ring (bicyclic) bond motifs is 1. The van der Waals surface area contributed by atoms with Crippen LogP contribution in [0, 0.1) is 16.0 Å². The fraction of sp³-hybridized carbons (Fsp3) is 0.400. The molecule has 6 nitrogen and oxygen atoms in total. The molecule has 2 heterocycles. The summed E-state index contributed by atoms with van der Waals surface area (Å²) >= 11 is 0. The lowest BCUT2D eigenvalue weighted by Gasteiger charge is -2.50. The van der Waals surface area contributed by atoms with Crippen LogP contribution in [0.15, 0.2) is 30.5 Å². The van der Waals surface area contributed by atoms with Gasteiger partial charge in [-0.3, -0.25) is 10.1 Å². The first kappa shape index (κ1) is 13.8. The van der Waals surface area contributed by atoms with Gasteiger partial charge in [0.2, 0.25) is 0 Å². The van der Waals surface area contributed by atoms with Crippen molar-refractivity contribution in [1.82, 2.24) is 4.98 Å². The zero-order valence-electron chi connectivity index (χ0n) is 12.0. The number of hydrogen-bond acceptors (Lipinski definition) is 5. The molecule has 3 rings (SSSR count). The van der Waals surface area contributed by atoms with E-state index in [9.17, 15) is 15.2 Å². The lowest BCUT2D eigenvalue weighted by molar-refractivity contribution is -0.383. The molecule has 2 aromatic rings. The molecule has 110 valence electrons. The first-order valence-corrected chi connectivity index (χ1v) is 6.92. The summed E-state index contributed by atoms with van der Waals surface area (Å²) in [6, 6.07) is 6.82. The smallest absolute Gasteiger partial charge is 0.295 e. The van der Waals surface area contributed by atoms with Crippen molar-refractivity contribution in [2.45, 2.75) is 19.4 Å². The maximum absolute atomic E-state index is 11.1. The predicted molar refractivity (Wildman–Crippen MR) is 80.4 cm³/mol. The van der Waals surface area contributed by atoms with Crippen LogP contribution in [0.5, 0.6) is 0 Å². The van der Waals surface area contributed by atoms with E-state index in [4.69, 9.17) is 0 Å². The van der Waals surface area contributed by atoms with Crippen molar-refractivity contribution < 1.29 is 10.0 Å². The van der Waals surface area contributed by atoms with Gasteiger partial charge in [0.15, 0.2) is 0 Å². The molecule has 0 unspecified atom stereocenters. The van der Waals surface area contributed by atoms with Crippen LogP contribution in [0.2, 0.25) is 0 Å². The molecule has 1 aliphatic rings. The van der Waals surface area contributed by atoms with Crippen molar-refractivity contribution in [2.24, 2.45) is 5.92 Å². The second-order valence-corrected chi connectivity index (χ2v) is 5.87. The first-order valence-electron chi connectivity index (χ1n) is 6.92. The minimum absolute atomic E-state index is 0.00833. The highest BCUT2D eigenvalue weighted by atomic mass is 16.6. The third-order valence-corrected chi connectivity index (χ3v) is 4.27. The SMILES string of the molecule is CC(C)C1(O)CN(c2ccc([N+](=O)[O-])c3ncccc23)C1. The maximum Gasteiger partial charge on any atom is 0.295 e. The quantitative estimate of drug-likeness (QED) is 0.692. The molecule has 0 bridgehead atoms. The Hall–Kier alpha value is -2.21. The average molecular weight is 287 g/mol. The second-order valence-electron chi connectivity index (χ2n) is 5.87. The fourth-order valence-corrected chi connectivity index (χ4v) is 2.72. The molecule has 1 saturated heterocycles. The minimum Gasteiger partial charge on any atom is -0.386 e. The number of aliphatic hydroxyl groups is 1. The standard InChI is InChI=1S/C15H17N3O3/c1-10(2)15(19)8-17(9-15)12-5-6-13(18(20)21)14-11(12)4-3-7-16-14/h3-7,10,19H,8-9H2,1-2H3. The average Bonchev–Trinajstić information content (AvgIpc) is 2.42. The summed E-state index contributed by atoms with van der Waals surface area (Å²) in [7, 11) is 0. The van der Waals surface area contributed by atoms with Crippen molar-refractivity contribution in [3.63, 3.8) is 0 Å². The third kappa shape index (κ3) is 2.12. The van der Waals surface area contributed by atoms with Crippen LogP contribution in [-0.2, 0) is 0 Å². The number of pyridine rings is 1. The number of nitro benzene ring substituents is 1. The molecular weight excluding hydrogens is 270 g/mol. The van der Waals surface area contributed by atoms with E-state index < -0.39 is 10.5 Å². The Bertz CT molecular complexity index is 708. The number of nitro groups is 1. The Labute approximate surface area is 122 Å². The maximum atomic E-state index is 11.1. The lowest BCUT2D eigenvalue weighted by Crippen LogP contribution is -2.64. The van der Waals surface area contributed by atoms with E-state index in [1.807, 2.05) is 24.8 Å². The predicted octanol–water partition coefficient (Wildman–Crippen LogP) is 2.35. The highest BCUT2D eigenvalue weighted by molar-refractivity contribution is 5.97. The molecule has 1 N–H and O–H groups in total. The molecule has 1 aliphatic heterocycles. The Balaban J connectivity index is 2.02. The van der Waals surface area contributed by atoms with Gasteiger partial charge < -0.3 is 10.0 Å². The van der Waals surface area contributed by atoms with Crippen LogP contribution in [0.4, 0.5) is 11.4 Å². The molecule has 21 heavy (non-hydrogen) atoms. The summed E-state index contributed by atoms with van der Waals surface area (Å²) < 4.78 is 0. The first-order chi connectivity index (χ1) is 9.92. The monoisotopic (exact) mass is 287 g/mol. The molecule has 1 aromatic heterocycles. The molecule has 0 amide bonds. The second kappa shape index (κ2) is 4.66. The van der Waals surface area contributed by atoms with E-state index in [0.29, 0.717) is 18.6 Å². The number of benzene rings is 1. The number of rotatable bonds is 3. The largest absolute Gasteiger partial charge is 0.386 e. The highest BCUT2D eigenvalue weighted by Crippen LogP contribution is 2.38. The Morgan fingerprint density at radius 2 is 2.10 bits per heavy atom. The van der Waals surface area contributed by atoms with Crippen molar-refractivity contribution in [3.8, 4) is 0 Å². The van der Waals surface area contributed by atoms with Gasteiger partial charge in [0.05, 0.1) is 4.92 Å². The van der Waals surface area contributed by atoms with Gasteiger partial charge in [-0.2, -0.15) is 0 Å². The zero-order valence-corrected chi connectivity index (χ0v) is 12.0. The van der Waals surface area contributed by atoms with Gasteiger partial charge in [0, 0.05) is 36.4 Å². The number of β-amino-alcohol motifs (C(OH)–C–C–N with tert-alkyl or cyclic N) is 1. The van der Waals surface area contributed by atoms with E-state index >= 15 is 0 Å². The van der Waals surface area contributed by atoms with Gasteiger partial charge in [0.1, 0.15) is 11.1 Å². The lowest BCUT2D eigenvalue weighted by atomic mass is 9.82. The van der Waals surface area contributed by atoms with Crippen LogP contribution >= 0.6 is 0 Å². The molecule has 0 radical (unpaired) electrons. The summed E-state index contributed by atoms with van der Waals surface area (Å²) in [6.07, 6.45) is 1.56. The van der Waals surface area contributed by atoms with Crippen molar-refractivity contribution >= 4 is 22.3 Å². The Morgan fingerprint density at radius 1 is 1.38 bits per heavy atom. The van der Waals surface area contributed by atoms with Crippen molar-refractivity contribution in [3.05, 3.63) is 40.6 Å². The Kier molecular flexibility index (Phi) is 3.06. The van der Waals surface area contributed by atoms with Gasteiger partial charge in [-0.25, -0.2) is 4.98 Å². The van der Waals surface area contributed by atoms with E-state index in [0.717, 1.165) is 11.1 Å². The molecule has 1 fully saturated rings. The van der Waals surface area contributed by atoms with E-state index in [2.05, 4.69) is 4.98 Å². The van der Waals surface area contributed by atoms with Gasteiger partial charge in [0.25, 0.3) is 5.69 Å². The minimum atomic E-state index is -0.684. The molecule has 0 atom stereocenters. The van der Waals surface area contributed by atoms with E-state index in [-0.39, 0.29) is 11.6 Å².